The first-order valence-corrected chi connectivity index (χ1v) is 5.37. The summed E-state index contributed by atoms with van der Waals surface area (Å²) in [5, 5.41) is 10.1. The van der Waals surface area contributed by atoms with Gasteiger partial charge in [0.15, 0.2) is 5.78 Å². The molecule has 1 aromatic carbocycles. The predicted octanol–water partition coefficient (Wildman–Crippen LogP) is 3.19. The highest BCUT2D eigenvalue weighted by Crippen LogP contribution is 2.27. The zero-order chi connectivity index (χ0) is 11.6. The van der Waals surface area contributed by atoms with Gasteiger partial charge in [0.1, 0.15) is 6.10 Å². The summed E-state index contributed by atoms with van der Waals surface area (Å²) < 4.78 is 0. The molecule has 1 atom stereocenters. The first kappa shape index (κ1) is 12.5. The van der Waals surface area contributed by atoms with E-state index in [0.717, 1.165) is 0 Å². The molecule has 15 heavy (non-hydrogen) atoms. The van der Waals surface area contributed by atoms with Gasteiger partial charge < -0.3 is 5.11 Å². The molecule has 0 spiro atoms. The van der Waals surface area contributed by atoms with Crippen LogP contribution in [-0.2, 0) is 0 Å². The van der Waals surface area contributed by atoms with Crippen molar-refractivity contribution in [3.8, 4) is 0 Å². The maximum absolute atomic E-state index is 11.8. The molecule has 0 heterocycles. The summed E-state index contributed by atoms with van der Waals surface area (Å²) in [6.07, 6.45) is -1.04. The topological polar surface area (TPSA) is 37.3 Å². The third-order valence-corrected chi connectivity index (χ3v) is 2.94. The number of carbonyl (C=O) groups is 1. The van der Waals surface area contributed by atoms with E-state index in [1.807, 2.05) is 0 Å². The summed E-state index contributed by atoms with van der Waals surface area (Å²) in [5.41, 5.74) is 0.269. The molecule has 0 bridgehead atoms. The summed E-state index contributed by atoms with van der Waals surface area (Å²) >= 11 is 11.6. The standard InChI is InChI=1S/C11H12Cl2O2/c1-6(2)10(14)11(15)7-4-3-5-8(12)9(7)13/h3-6,10,14H,1-2H3. The maximum Gasteiger partial charge on any atom is 0.193 e. The van der Waals surface area contributed by atoms with E-state index < -0.39 is 11.9 Å². The van der Waals surface area contributed by atoms with Crippen LogP contribution in [-0.4, -0.2) is 17.0 Å². The SMILES string of the molecule is CC(C)C(O)C(=O)c1cccc(Cl)c1Cl. The first-order chi connectivity index (χ1) is 6.95. The van der Waals surface area contributed by atoms with Crippen LogP contribution < -0.4 is 0 Å². The Morgan fingerprint density at radius 2 is 1.93 bits per heavy atom. The highest BCUT2D eigenvalue weighted by Gasteiger charge is 2.23. The highest BCUT2D eigenvalue weighted by molar-refractivity contribution is 6.44. The van der Waals surface area contributed by atoms with Crippen molar-refractivity contribution in [1.82, 2.24) is 0 Å². The fourth-order valence-electron chi connectivity index (χ4n) is 1.16. The summed E-state index contributed by atoms with van der Waals surface area (Å²) in [4.78, 5) is 11.8. The Bertz CT molecular complexity index is 375. The van der Waals surface area contributed by atoms with Gasteiger partial charge in [0, 0.05) is 5.56 Å². The Balaban J connectivity index is 3.07. The molecular formula is C11H12Cl2O2. The average molecular weight is 247 g/mol. The molecule has 0 saturated heterocycles. The molecule has 82 valence electrons. The van der Waals surface area contributed by atoms with Crippen LogP contribution in [0.2, 0.25) is 10.0 Å². The van der Waals surface area contributed by atoms with Crippen LogP contribution in [0.3, 0.4) is 0 Å². The smallest absolute Gasteiger partial charge is 0.193 e. The first-order valence-electron chi connectivity index (χ1n) is 4.61. The van der Waals surface area contributed by atoms with Crippen LogP contribution in [0.5, 0.6) is 0 Å². The van der Waals surface area contributed by atoms with Gasteiger partial charge >= 0.3 is 0 Å². The lowest BCUT2D eigenvalue weighted by atomic mass is 9.98. The molecule has 0 aromatic heterocycles. The van der Waals surface area contributed by atoms with E-state index >= 15 is 0 Å². The summed E-state index contributed by atoms with van der Waals surface area (Å²) in [5.74, 6) is -0.537. The van der Waals surface area contributed by atoms with E-state index in [-0.39, 0.29) is 16.5 Å². The molecule has 0 aliphatic heterocycles. The number of carbonyl (C=O) groups excluding carboxylic acids is 1. The number of benzene rings is 1. The van der Waals surface area contributed by atoms with E-state index in [4.69, 9.17) is 23.2 Å². The van der Waals surface area contributed by atoms with Gasteiger partial charge in [0.2, 0.25) is 0 Å². The van der Waals surface area contributed by atoms with Crippen molar-refractivity contribution < 1.29 is 9.90 Å². The maximum atomic E-state index is 11.8. The summed E-state index contributed by atoms with van der Waals surface area (Å²) in [7, 11) is 0. The van der Waals surface area contributed by atoms with Crippen LogP contribution in [0.1, 0.15) is 24.2 Å². The lowest BCUT2D eigenvalue weighted by Gasteiger charge is -2.14. The van der Waals surface area contributed by atoms with Crippen LogP contribution in [0.4, 0.5) is 0 Å². The molecule has 2 nitrogen and oxygen atoms in total. The van der Waals surface area contributed by atoms with Crippen molar-refractivity contribution in [1.29, 1.82) is 0 Å². The second kappa shape index (κ2) is 4.97. The Kier molecular flexibility index (Phi) is 4.14. The lowest BCUT2D eigenvalue weighted by Crippen LogP contribution is -2.26. The third kappa shape index (κ3) is 2.71. The number of halogens is 2. The van der Waals surface area contributed by atoms with Gasteiger partial charge in [-0.25, -0.2) is 0 Å². The summed E-state index contributed by atoms with van der Waals surface area (Å²) in [6, 6.07) is 4.79. The average Bonchev–Trinajstić information content (AvgIpc) is 2.20. The Morgan fingerprint density at radius 1 is 1.33 bits per heavy atom. The number of hydrogen-bond acceptors (Lipinski definition) is 2. The quantitative estimate of drug-likeness (QED) is 0.833. The van der Waals surface area contributed by atoms with Gasteiger partial charge in [-0.05, 0) is 18.1 Å². The number of rotatable bonds is 3. The zero-order valence-corrected chi connectivity index (χ0v) is 10.0. The molecular weight excluding hydrogens is 235 g/mol. The van der Waals surface area contributed by atoms with Crippen LogP contribution in [0.25, 0.3) is 0 Å². The fourth-order valence-corrected chi connectivity index (χ4v) is 1.55. The molecule has 1 N–H and O–H groups in total. The fraction of sp³-hybridized carbons (Fsp3) is 0.364. The van der Waals surface area contributed by atoms with Crippen molar-refractivity contribution in [3.63, 3.8) is 0 Å². The van der Waals surface area contributed by atoms with Crippen molar-refractivity contribution in [2.24, 2.45) is 5.92 Å². The monoisotopic (exact) mass is 246 g/mol. The Morgan fingerprint density at radius 3 is 2.47 bits per heavy atom. The lowest BCUT2D eigenvalue weighted by molar-refractivity contribution is 0.0648. The number of aliphatic hydroxyl groups is 1. The van der Waals surface area contributed by atoms with Gasteiger partial charge in [-0.3, -0.25) is 4.79 Å². The normalized spacial score (nSPS) is 12.9. The second-order valence-electron chi connectivity index (χ2n) is 3.65. The van der Waals surface area contributed by atoms with Crippen LogP contribution in [0.15, 0.2) is 18.2 Å². The van der Waals surface area contributed by atoms with Crippen LogP contribution >= 0.6 is 23.2 Å². The van der Waals surface area contributed by atoms with Crippen LogP contribution in [0, 0.1) is 5.92 Å². The van der Waals surface area contributed by atoms with Crippen molar-refractivity contribution >= 4 is 29.0 Å². The van der Waals surface area contributed by atoms with Gasteiger partial charge in [-0.15, -0.1) is 0 Å². The molecule has 1 rings (SSSR count). The molecule has 4 heteroatoms. The van der Waals surface area contributed by atoms with E-state index in [2.05, 4.69) is 0 Å². The summed E-state index contributed by atoms with van der Waals surface area (Å²) in [6.45, 7) is 3.53. The van der Waals surface area contributed by atoms with E-state index in [0.29, 0.717) is 5.02 Å². The minimum Gasteiger partial charge on any atom is -0.385 e. The minimum atomic E-state index is -1.04. The van der Waals surface area contributed by atoms with E-state index in [9.17, 15) is 9.90 Å². The number of ketones is 1. The number of hydrogen-bond donors (Lipinski definition) is 1. The van der Waals surface area contributed by atoms with E-state index in [1.165, 1.54) is 0 Å². The molecule has 1 aromatic rings. The largest absolute Gasteiger partial charge is 0.385 e. The van der Waals surface area contributed by atoms with Gasteiger partial charge in [-0.2, -0.15) is 0 Å². The van der Waals surface area contributed by atoms with Gasteiger partial charge in [0.05, 0.1) is 10.0 Å². The minimum absolute atomic E-state index is 0.146. The molecule has 0 saturated carbocycles. The Hall–Kier alpha value is -0.570. The zero-order valence-electron chi connectivity index (χ0n) is 8.50. The molecule has 0 aliphatic carbocycles. The molecule has 1 unspecified atom stereocenters. The highest BCUT2D eigenvalue weighted by atomic mass is 35.5. The van der Waals surface area contributed by atoms with Crippen molar-refractivity contribution in [2.75, 3.05) is 0 Å². The Labute approximate surface area is 98.8 Å². The van der Waals surface area contributed by atoms with E-state index in [1.54, 1.807) is 32.0 Å². The second-order valence-corrected chi connectivity index (χ2v) is 4.44. The van der Waals surface area contributed by atoms with Gasteiger partial charge in [-0.1, -0.05) is 43.1 Å². The molecule has 0 radical (unpaired) electrons. The van der Waals surface area contributed by atoms with Gasteiger partial charge in [0.25, 0.3) is 0 Å². The van der Waals surface area contributed by atoms with Crippen molar-refractivity contribution in [3.05, 3.63) is 33.8 Å². The number of aliphatic hydroxyl groups excluding tert-OH is 1. The molecule has 0 fully saturated rings. The number of Topliss-reactive ketones (excluding diaryl/α,β-unsaturated/α-hetero) is 1. The predicted molar refractivity (Wildman–Crippen MR) is 61.6 cm³/mol. The molecule has 0 aliphatic rings. The van der Waals surface area contributed by atoms with Crippen molar-refractivity contribution in [2.45, 2.75) is 20.0 Å². The molecule has 0 amide bonds. The third-order valence-electron chi connectivity index (χ3n) is 2.12.